The lowest BCUT2D eigenvalue weighted by molar-refractivity contribution is 0.0820. The number of allylic oxidation sites excluding steroid dienone is 1. The van der Waals surface area contributed by atoms with Crippen LogP contribution in [-0.2, 0) is 0 Å². The van der Waals surface area contributed by atoms with E-state index in [4.69, 9.17) is 21.6 Å². The second-order valence-corrected chi connectivity index (χ2v) is 4.30. The van der Waals surface area contributed by atoms with Gasteiger partial charge in [0.2, 0.25) is 5.82 Å². The molecule has 2 rings (SSSR count). The van der Waals surface area contributed by atoms with Crippen molar-refractivity contribution in [3.63, 3.8) is 0 Å². The largest absolute Gasteiger partial charge is 0.486 e. The van der Waals surface area contributed by atoms with Crippen molar-refractivity contribution >= 4 is 22.9 Å². The number of hydrogen-bond donors (Lipinski definition) is 2. The number of rotatable bonds is 6. The molecule has 1 heterocycles. The molecule has 0 unspecified atom stereocenters. The minimum absolute atomic E-state index is 0.137. The molecule has 0 amide bonds. The number of nitrogens with zero attached hydrogens (tertiary/aromatic N) is 4. The van der Waals surface area contributed by atoms with E-state index in [0.29, 0.717) is 5.69 Å². The summed E-state index contributed by atoms with van der Waals surface area (Å²) in [6.07, 6.45) is -1.21. The van der Waals surface area contributed by atoms with Crippen LogP contribution in [0.5, 0.6) is 5.75 Å². The third-order valence-corrected chi connectivity index (χ3v) is 2.68. The molecule has 0 fully saturated rings. The van der Waals surface area contributed by atoms with E-state index in [-0.39, 0.29) is 22.2 Å². The number of anilines is 1. The van der Waals surface area contributed by atoms with Crippen LogP contribution in [0.1, 0.15) is 5.82 Å². The number of hydrogen-bond acceptors (Lipinski definition) is 6. The summed E-state index contributed by atoms with van der Waals surface area (Å²) < 4.78 is 29.0. The second kappa shape index (κ2) is 7.33. The molecular formula is C12H9ClF2N6O. The number of halogens is 3. The highest BCUT2D eigenvalue weighted by Crippen LogP contribution is 2.28. The third-order valence-electron chi connectivity index (χ3n) is 2.39. The van der Waals surface area contributed by atoms with E-state index in [1.165, 1.54) is 18.3 Å². The highest BCUT2D eigenvalue weighted by molar-refractivity contribution is 6.32. The molecule has 0 atom stereocenters. The van der Waals surface area contributed by atoms with E-state index in [9.17, 15) is 8.78 Å². The van der Waals surface area contributed by atoms with Crippen LogP contribution >= 0.6 is 11.6 Å². The Morgan fingerprint density at radius 2 is 2.36 bits per heavy atom. The first-order chi connectivity index (χ1) is 10.6. The van der Waals surface area contributed by atoms with Crippen molar-refractivity contribution in [2.75, 3.05) is 11.9 Å². The summed E-state index contributed by atoms with van der Waals surface area (Å²) in [6, 6.07) is 6.39. The summed E-state index contributed by atoms with van der Waals surface area (Å²) in [4.78, 5) is 0. The van der Waals surface area contributed by atoms with Gasteiger partial charge in [-0.3, -0.25) is 0 Å². The van der Waals surface area contributed by atoms with Crippen LogP contribution in [0, 0.1) is 11.3 Å². The summed E-state index contributed by atoms with van der Waals surface area (Å²) in [5.74, 6) is 0.285. The maximum atomic E-state index is 12.1. The number of alkyl halides is 2. The van der Waals surface area contributed by atoms with Gasteiger partial charge in [-0.25, -0.2) is 8.78 Å². The van der Waals surface area contributed by atoms with Crippen molar-refractivity contribution in [1.82, 2.24) is 20.6 Å². The standard InChI is InChI=1S/C12H9ClF2N6O/c13-9-3-8(1-2-10(9)22-6-11(14)15)17-5-7(4-16)12-18-20-21-19-12/h1-3,5,11,17H,6H2,(H,18,19,20,21). The molecule has 0 saturated heterocycles. The molecule has 0 aliphatic rings. The molecule has 0 aliphatic carbocycles. The molecular weight excluding hydrogens is 318 g/mol. The number of nitriles is 1. The van der Waals surface area contributed by atoms with Gasteiger partial charge in [0.05, 0.1) is 5.02 Å². The Hall–Kier alpha value is -2.73. The maximum absolute atomic E-state index is 12.1. The number of aromatic nitrogens is 4. The molecule has 1 aromatic carbocycles. The predicted molar refractivity (Wildman–Crippen MR) is 74.3 cm³/mol. The first-order valence-electron chi connectivity index (χ1n) is 5.91. The zero-order valence-electron chi connectivity index (χ0n) is 10.9. The number of benzene rings is 1. The molecule has 2 aromatic rings. The van der Waals surface area contributed by atoms with E-state index >= 15 is 0 Å². The molecule has 22 heavy (non-hydrogen) atoms. The molecule has 0 spiro atoms. The van der Waals surface area contributed by atoms with Gasteiger partial charge in [0.25, 0.3) is 6.43 Å². The van der Waals surface area contributed by atoms with E-state index in [2.05, 4.69) is 25.9 Å². The smallest absolute Gasteiger partial charge is 0.272 e. The highest BCUT2D eigenvalue weighted by atomic mass is 35.5. The lowest BCUT2D eigenvalue weighted by atomic mass is 10.2. The number of tetrazole rings is 1. The number of aromatic amines is 1. The van der Waals surface area contributed by atoms with E-state index in [1.807, 2.05) is 6.07 Å². The van der Waals surface area contributed by atoms with Crippen molar-refractivity contribution < 1.29 is 13.5 Å². The number of nitrogens with one attached hydrogen (secondary N) is 2. The van der Waals surface area contributed by atoms with Crippen LogP contribution in [0.2, 0.25) is 5.02 Å². The van der Waals surface area contributed by atoms with Gasteiger partial charge in [-0.1, -0.05) is 11.6 Å². The summed E-state index contributed by atoms with van der Waals surface area (Å²) in [5.41, 5.74) is 0.688. The fourth-order valence-electron chi connectivity index (χ4n) is 1.44. The molecule has 0 saturated carbocycles. The second-order valence-electron chi connectivity index (χ2n) is 3.90. The number of ether oxygens (including phenoxy) is 1. The van der Waals surface area contributed by atoms with Crippen LogP contribution in [0.4, 0.5) is 14.5 Å². The first kappa shape index (κ1) is 15.7. The Bertz CT molecular complexity index is 698. The molecule has 0 radical (unpaired) electrons. The lowest BCUT2D eigenvalue weighted by Crippen LogP contribution is -2.07. The van der Waals surface area contributed by atoms with Crippen molar-refractivity contribution in [1.29, 1.82) is 5.26 Å². The Balaban J connectivity index is 2.08. The van der Waals surface area contributed by atoms with Crippen LogP contribution < -0.4 is 10.1 Å². The zero-order chi connectivity index (χ0) is 15.9. The molecule has 7 nitrogen and oxygen atoms in total. The fourth-order valence-corrected chi connectivity index (χ4v) is 1.67. The third kappa shape index (κ3) is 4.13. The van der Waals surface area contributed by atoms with Gasteiger partial charge in [-0.15, -0.1) is 10.2 Å². The maximum Gasteiger partial charge on any atom is 0.272 e. The van der Waals surface area contributed by atoms with E-state index in [0.717, 1.165) is 0 Å². The monoisotopic (exact) mass is 326 g/mol. The average molecular weight is 327 g/mol. The highest BCUT2D eigenvalue weighted by Gasteiger charge is 2.08. The summed E-state index contributed by atoms with van der Waals surface area (Å²) in [6.45, 7) is -0.733. The van der Waals surface area contributed by atoms with Crippen LogP contribution in [0.3, 0.4) is 0 Å². The quantitative estimate of drug-likeness (QED) is 0.791. The molecule has 1 aromatic heterocycles. The molecule has 2 N–H and O–H groups in total. The summed E-state index contributed by atoms with van der Waals surface area (Å²) in [7, 11) is 0. The predicted octanol–water partition coefficient (Wildman–Crippen LogP) is 2.47. The Labute approximate surface area is 128 Å². The van der Waals surface area contributed by atoms with Gasteiger partial charge >= 0.3 is 0 Å². The van der Waals surface area contributed by atoms with E-state index in [1.54, 1.807) is 6.07 Å². The minimum atomic E-state index is -2.58. The molecule has 0 aliphatic heterocycles. The van der Waals surface area contributed by atoms with Crippen molar-refractivity contribution in [2.45, 2.75) is 6.43 Å². The molecule has 10 heteroatoms. The van der Waals surface area contributed by atoms with Crippen LogP contribution in [0.15, 0.2) is 24.4 Å². The van der Waals surface area contributed by atoms with Crippen molar-refractivity contribution in [2.24, 2.45) is 0 Å². The Kier molecular flexibility index (Phi) is 5.21. The Morgan fingerprint density at radius 1 is 1.55 bits per heavy atom. The molecule has 0 bridgehead atoms. The summed E-state index contributed by atoms with van der Waals surface area (Å²) >= 11 is 5.93. The van der Waals surface area contributed by atoms with Gasteiger partial charge in [-0.05, 0) is 23.4 Å². The van der Waals surface area contributed by atoms with Gasteiger partial charge < -0.3 is 10.1 Å². The lowest BCUT2D eigenvalue weighted by Gasteiger charge is -2.09. The van der Waals surface area contributed by atoms with Crippen LogP contribution in [0.25, 0.3) is 5.57 Å². The number of H-pyrrole nitrogens is 1. The summed E-state index contributed by atoms with van der Waals surface area (Å²) in [5, 5.41) is 24.9. The zero-order valence-corrected chi connectivity index (χ0v) is 11.7. The fraction of sp³-hybridized carbons (Fsp3) is 0.167. The minimum Gasteiger partial charge on any atom is -0.486 e. The average Bonchev–Trinajstić information content (AvgIpc) is 3.01. The van der Waals surface area contributed by atoms with Crippen LogP contribution in [-0.4, -0.2) is 33.7 Å². The van der Waals surface area contributed by atoms with Gasteiger partial charge in [0.15, 0.2) is 0 Å². The first-order valence-corrected chi connectivity index (χ1v) is 6.29. The van der Waals surface area contributed by atoms with Crippen molar-refractivity contribution in [3.8, 4) is 11.8 Å². The normalized spacial score (nSPS) is 11.3. The Morgan fingerprint density at radius 3 is 2.95 bits per heavy atom. The SMILES string of the molecule is N#CC(=CNc1ccc(OCC(F)F)c(Cl)c1)c1nn[nH]n1. The molecule has 114 valence electrons. The topological polar surface area (TPSA) is 99.5 Å². The van der Waals surface area contributed by atoms with E-state index < -0.39 is 13.0 Å². The van der Waals surface area contributed by atoms with Gasteiger partial charge in [-0.2, -0.15) is 10.5 Å². The van der Waals surface area contributed by atoms with Gasteiger partial charge in [0, 0.05) is 11.9 Å². The van der Waals surface area contributed by atoms with Gasteiger partial charge in [0.1, 0.15) is 24.0 Å². The van der Waals surface area contributed by atoms with Crippen molar-refractivity contribution in [3.05, 3.63) is 35.2 Å².